The summed E-state index contributed by atoms with van der Waals surface area (Å²) in [5.41, 5.74) is 5.29. The summed E-state index contributed by atoms with van der Waals surface area (Å²) >= 11 is 0. The molecule has 0 nitrogen and oxygen atoms in total. The third-order valence-corrected chi connectivity index (χ3v) is 3.76. The first-order valence-corrected chi connectivity index (χ1v) is 16.5. The van der Waals surface area contributed by atoms with Crippen LogP contribution in [-0.2, 0) is 0 Å². The largest absolute Gasteiger partial charge is 0.0683 e. The minimum Gasteiger partial charge on any atom is -0.0683 e. The van der Waals surface area contributed by atoms with Crippen LogP contribution in [0.5, 0.6) is 0 Å². The van der Waals surface area contributed by atoms with Crippen LogP contribution in [0.1, 0.15) is 118 Å². The van der Waals surface area contributed by atoms with Gasteiger partial charge in [-0.15, -0.1) is 0 Å². The fourth-order valence-corrected chi connectivity index (χ4v) is 2.14. The van der Waals surface area contributed by atoms with Crippen LogP contribution in [0.2, 0.25) is 0 Å². The molecule has 0 atom stereocenters. The Morgan fingerprint density at radius 1 is 0.262 bits per heavy atom. The Bertz CT molecular complexity index is 699. The van der Waals surface area contributed by atoms with Gasteiger partial charge in [-0.2, -0.15) is 0 Å². The van der Waals surface area contributed by atoms with E-state index in [1.54, 1.807) is 0 Å². The van der Waals surface area contributed by atoms with E-state index in [1.807, 2.05) is 128 Å². The molecule has 4 rings (SSSR count). The van der Waals surface area contributed by atoms with Crippen LogP contribution in [0.4, 0.5) is 0 Å². The minimum absolute atomic E-state index is 1.25. The summed E-state index contributed by atoms with van der Waals surface area (Å²) in [6, 6.07) is 41.0. The molecule has 0 saturated carbocycles. The monoisotopic (exact) mass is 577 g/mol. The van der Waals surface area contributed by atoms with Crippen molar-refractivity contribution in [2.45, 2.75) is 124 Å². The first-order valence-electron chi connectivity index (χ1n) is 16.5. The molecule has 0 radical (unpaired) electrons. The molecule has 0 heterocycles. The van der Waals surface area contributed by atoms with Crippen LogP contribution in [0.25, 0.3) is 0 Å². The fourth-order valence-electron chi connectivity index (χ4n) is 2.14. The van der Waals surface area contributed by atoms with Crippen LogP contribution >= 0.6 is 0 Å². The van der Waals surface area contributed by atoms with Crippen LogP contribution < -0.4 is 0 Å². The second-order valence-electron chi connectivity index (χ2n) is 8.03. The lowest BCUT2D eigenvalue weighted by Crippen LogP contribution is -1.62. The van der Waals surface area contributed by atoms with Crippen molar-refractivity contribution >= 4 is 0 Å². The molecule has 0 N–H and O–H groups in total. The van der Waals surface area contributed by atoms with Gasteiger partial charge in [-0.05, 0) is 27.7 Å². The van der Waals surface area contributed by atoms with Gasteiger partial charge in [-0.1, -0.05) is 240 Å². The van der Waals surface area contributed by atoms with Gasteiger partial charge in [0.05, 0.1) is 0 Å². The Balaban J connectivity index is -0.0000000902. The van der Waals surface area contributed by atoms with E-state index in [1.165, 1.54) is 35.1 Å². The highest BCUT2D eigenvalue weighted by Crippen LogP contribution is 1.94. The second kappa shape index (κ2) is 54.0. The zero-order chi connectivity index (χ0) is 33.9. The van der Waals surface area contributed by atoms with Crippen molar-refractivity contribution in [2.24, 2.45) is 0 Å². The van der Waals surface area contributed by atoms with Crippen LogP contribution in [-0.4, -0.2) is 0 Å². The topological polar surface area (TPSA) is 0 Å². The summed E-state index contributed by atoms with van der Waals surface area (Å²) in [6.45, 7) is 32.8. The van der Waals surface area contributed by atoms with Crippen molar-refractivity contribution in [2.75, 3.05) is 0 Å². The van der Waals surface area contributed by atoms with Crippen molar-refractivity contribution in [3.63, 3.8) is 0 Å². The maximum atomic E-state index is 2.12. The van der Waals surface area contributed by atoms with Crippen molar-refractivity contribution in [3.8, 4) is 0 Å². The fraction of sp³-hybridized carbons (Fsp3) is 0.429. The summed E-state index contributed by atoms with van der Waals surface area (Å²) in [6.07, 6.45) is 2.50. The van der Waals surface area contributed by atoms with Gasteiger partial charge in [0.1, 0.15) is 0 Å². The van der Waals surface area contributed by atoms with Crippen LogP contribution in [0.3, 0.4) is 0 Å². The molecule has 0 aliphatic carbocycles. The Morgan fingerprint density at radius 2 is 0.357 bits per heavy atom. The second-order valence-corrected chi connectivity index (χ2v) is 8.03. The zero-order valence-corrected chi connectivity index (χ0v) is 31.0. The average Bonchev–Trinajstić information content (AvgIpc) is 3.04. The highest BCUT2D eigenvalue weighted by Gasteiger charge is 1.74. The number of hydrogen-bond donors (Lipinski definition) is 0. The predicted octanol–water partition coefficient (Wildman–Crippen LogP) is 14.9. The van der Waals surface area contributed by atoms with Crippen molar-refractivity contribution in [1.82, 2.24) is 0 Å². The molecule has 0 bridgehead atoms. The molecular weight excluding hydrogens is 504 g/mol. The molecule has 0 aliphatic rings. The maximum Gasteiger partial charge on any atom is -0.0398 e. The number of aryl methyl sites for hydroxylation is 4. The Morgan fingerprint density at radius 3 is 0.405 bits per heavy atom. The zero-order valence-electron chi connectivity index (χ0n) is 31.0. The summed E-state index contributed by atoms with van der Waals surface area (Å²) < 4.78 is 0. The maximum absolute atomic E-state index is 2.12. The van der Waals surface area contributed by atoms with E-state index in [-0.39, 0.29) is 0 Å². The summed E-state index contributed by atoms with van der Waals surface area (Å²) in [5, 5.41) is 0. The van der Waals surface area contributed by atoms with E-state index < -0.39 is 0 Å². The Kier molecular flexibility index (Phi) is 66.4. The van der Waals surface area contributed by atoms with Gasteiger partial charge >= 0.3 is 0 Å². The molecule has 4 aromatic rings. The van der Waals surface area contributed by atoms with E-state index in [0.717, 1.165) is 0 Å². The van der Waals surface area contributed by atoms with Gasteiger partial charge in [0.2, 0.25) is 0 Å². The van der Waals surface area contributed by atoms with E-state index >= 15 is 0 Å². The highest BCUT2D eigenvalue weighted by atomic mass is 13.8. The van der Waals surface area contributed by atoms with Crippen LogP contribution in [0, 0.1) is 27.7 Å². The smallest absolute Gasteiger partial charge is 0.0398 e. The number of benzene rings is 4. The van der Waals surface area contributed by atoms with Crippen LogP contribution in [0.15, 0.2) is 121 Å². The lowest BCUT2D eigenvalue weighted by atomic mass is 10.2. The highest BCUT2D eigenvalue weighted by molar-refractivity contribution is 5.13. The molecule has 240 valence electrons. The van der Waals surface area contributed by atoms with Gasteiger partial charge in [0.15, 0.2) is 0 Å². The molecule has 42 heavy (non-hydrogen) atoms. The van der Waals surface area contributed by atoms with E-state index in [4.69, 9.17) is 0 Å². The van der Waals surface area contributed by atoms with Crippen molar-refractivity contribution < 1.29 is 0 Å². The van der Waals surface area contributed by atoms with E-state index in [0.29, 0.717) is 0 Å². The van der Waals surface area contributed by atoms with Crippen molar-refractivity contribution in [1.29, 1.82) is 0 Å². The van der Waals surface area contributed by atoms with Gasteiger partial charge in [0, 0.05) is 0 Å². The summed E-state index contributed by atoms with van der Waals surface area (Å²) in [7, 11) is 0. The van der Waals surface area contributed by atoms with Gasteiger partial charge in [-0.3, -0.25) is 0 Å². The first kappa shape index (κ1) is 51.6. The predicted molar refractivity (Wildman–Crippen MR) is 202 cm³/mol. The molecule has 0 spiro atoms. The normalized spacial score (nSPS) is 7.24. The average molecular weight is 577 g/mol. The lowest BCUT2D eigenvalue weighted by molar-refractivity contribution is 1.09. The molecular formula is C42H72. The standard InChI is InChI=1S/4C7H8.2C3H8.4C2H6/c4*1-7-5-3-2-4-6-7;2*1-3-2;4*1-2/h4*2-6H,1H3;2*3H2,1-2H3;4*1-2H3. The SMILES string of the molecule is CC.CC.CC.CC.CCC.CCC.Cc1ccccc1.Cc1ccccc1.Cc1ccccc1.Cc1ccccc1. The summed E-state index contributed by atoms with van der Waals surface area (Å²) in [5.74, 6) is 0. The van der Waals surface area contributed by atoms with Crippen molar-refractivity contribution in [3.05, 3.63) is 144 Å². The van der Waals surface area contributed by atoms with Gasteiger partial charge in [-0.25, -0.2) is 0 Å². The molecule has 0 heteroatoms. The molecule has 0 aromatic heterocycles. The molecule has 0 aliphatic heterocycles. The third kappa shape index (κ3) is 56.9. The van der Waals surface area contributed by atoms with E-state index in [2.05, 4.69) is 104 Å². The molecule has 0 fully saturated rings. The third-order valence-electron chi connectivity index (χ3n) is 3.76. The lowest BCUT2D eigenvalue weighted by Gasteiger charge is -1.82. The molecule has 0 amide bonds. The number of rotatable bonds is 0. The first-order chi connectivity index (χ1) is 20.4. The quantitative estimate of drug-likeness (QED) is 0.195. The Labute approximate surface area is 266 Å². The van der Waals surface area contributed by atoms with Gasteiger partial charge < -0.3 is 0 Å². The van der Waals surface area contributed by atoms with E-state index in [9.17, 15) is 0 Å². The number of hydrogen-bond acceptors (Lipinski definition) is 0. The molecule has 0 saturated heterocycles. The minimum atomic E-state index is 1.25. The summed E-state index contributed by atoms with van der Waals surface area (Å²) in [4.78, 5) is 0. The molecule has 0 unspecified atom stereocenters. The molecule has 4 aromatic carbocycles. The Hall–Kier alpha value is -3.12. The van der Waals surface area contributed by atoms with Gasteiger partial charge in [0.25, 0.3) is 0 Å².